The van der Waals surface area contributed by atoms with Crippen molar-refractivity contribution in [2.45, 2.75) is 45.8 Å². The van der Waals surface area contributed by atoms with E-state index in [0.29, 0.717) is 6.42 Å². The number of rotatable bonds is 5. The van der Waals surface area contributed by atoms with Crippen molar-refractivity contribution >= 4 is 12.2 Å². The van der Waals surface area contributed by atoms with Crippen LogP contribution in [0.5, 0.6) is 5.75 Å². The van der Waals surface area contributed by atoms with E-state index in [0.717, 1.165) is 11.3 Å². The number of hydrogen-bond donors (Lipinski definition) is 1. The molecule has 1 rings (SSSR count). The molecule has 1 aromatic heterocycles. The van der Waals surface area contributed by atoms with Crippen LogP contribution in [0, 0.1) is 0 Å². The van der Waals surface area contributed by atoms with E-state index in [1.54, 1.807) is 19.5 Å². The first-order valence-corrected chi connectivity index (χ1v) is 6.96. The summed E-state index contributed by atoms with van der Waals surface area (Å²) in [7, 11) is 1.62. The van der Waals surface area contributed by atoms with Gasteiger partial charge in [0.1, 0.15) is 11.4 Å². The predicted octanol–water partition coefficient (Wildman–Crippen LogP) is 3.41. The van der Waals surface area contributed by atoms with Crippen molar-refractivity contribution in [2.24, 2.45) is 0 Å². The van der Waals surface area contributed by atoms with Gasteiger partial charge >= 0.3 is 6.09 Å². The molecule has 5 nitrogen and oxygen atoms in total. The fourth-order valence-corrected chi connectivity index (χ4v) is 1.67. The van der Waals surface area contributed by atoms with Gasteiger partial charge in [-0.2, -0.15) is 0 Å². The van der Waals surface area contributed by atoms with E-state index in [9.17, 15) is 4.79 Å². The SMILES string of the molecule is COc1ccncc1/C=C/C[C@H](C)NC(=O)OC(C)(C)C. The minimum absolute atomic E-state index is 0.0150. The predicted molar refractivity (Wildman–Crippen MR) is 83.3 cm³/mol. The van der Waals surface area contributed by atoms with Crippen molar-refractivity contribution in [3.8, 4) is 5.75 Å². The Balaban J connectivity index is 2.47. The van der Waals surface area contributed by atoms with Crippen LogP contribution in [0.4, 0.5) is 4.79 Å². The third-order valence-electron chi connectivity index (χ3n) is 2.58. The summed E-state index contributed by atoms with van der Waals surface area (Å²) in [6.45, 7) is 7.44. The number of methoxy groups -OCH3 is 1. The number of carbonyl (C=O) groups excluding carboxylic acids is 1. The number of hydrogen-bond acceptors (Lipinski definition) is 4. The van der Waals surface area contributed by atoms with Crippen LogP contribution in [0.1, 0.15) is 39.7 Å². The second-order valence-electron chi connectivity index (χ2n) is 5.80. The Morgan fingerprint density at radius 2 is 2.19 bits per heavy atom. The maximum atomic E-state index is 11.6. The van der Waals surface area contributed by atoms with Crippen molar-refractivity contribution in [1.29, 1.82) is 0 Å². The summed E-state index contributed by atoms with van der Waals surface area (Å²) in [6, 6.07) is 1.79. The summed E-state index contributed by atoms with van der Waals surface area (Å²) in [5.74, 6) is 0.772. The molecule has 0 bridgehead atoms. The smallest absolute Gasteiger partial charge is 0.407 e. The van der Waals surface area contributed by atoms with Crippen LogP contribution in [0.3, 0.4) is 0 Å². The third kappa shape index (κ3) is 6.79. The molecule has 5 heteroatoms. The van der Waals surface area contributed by atoms with Gasteiger partial charge in [0.05, 0.1) is 7.11 Å². The van der Waals surface area contributed by atoms with Gasteiger partial charge in [-0.1, -0.05) is 12.2 Å². The Hall–Kier alpha value is -2.04. The fraction of sp³-hybridized carbons (Fsp3) is 0.500. The van der Waals surface area contributed by atoms with Crippen molar-refractivity contribution in [1.82, 2.24) is 10.3 Å². The van der Waals surface area contributed by atoms with Crippen molar-refractivity contribution < 1.29 is 14.3 Å². The van der Waals surface area contributed by atoms with Gasteiger partial charge in [0, 0.05) is 24.0 Å². The van der Waals surface area contributed by atoms with Crippen molar-refractivity contribution in [3.05, 3.63) is 30.1 Å². The minimum Gasteiger partial charge on any atom is -0.496 e. The Labute approximate surface area is 126 Å². The molecular formula is C16H24N2O3. The highest BCUT2D eigenvalue weighted by atomic mass is 16.6. The zero-order valence-electron chi connectivity index (χ0n) is 13.3. The fourth-order valence-electron chi connectivity index (χ4n) is 1.67. The highest BCUT2D eigenvalue weighted by Gasteiger charge is 2.17. The van der Waals surface area contributed by atoms with Crippen molar-refractivity contribution in [2.75, 3.05) is 7.11 Å². The molecule has 1 aromatic rings. The number of pyridine rings is 1. The number of carbonyl (C=O) groups is 1. The molecule has 0 aliphatic heterocycles. The molecule has 1 heterocycles. The molecule has 0 saturated heterocycles. The first-order valence-electron chi connectivity index (χ1n) is 6.96. The van der Waals surface area contributed by atoms with Crippen molar-refractivity contribution in [3.63, 3.8) is 0 Å². The van der Waals surface area contributed by atoms with E-state index in [4.69, 9.17) is 9.47 Å². The Morgan fingerprint density at radius 3 is 2.81 bits per heavy atom. The molecule has 0 fully saturated rings. The Kier molecular flexibility index (Phi) is 6.21. The molecule has 0 saturated carbocycles. The second-order valence-corrected chi connectivity index (χ2v) is 5.80. The van der Waals surface area contributed by atoms with Crippen LogP contribution in [-0.4, -0.2) is 29.8 Å². The molecule has 1 N–H and O–H groups in total. The Bertz CT molecular complexity index is 493. The van der Waals surface area contributed by atoms with E-state index in [1.165, 1.54) is 0 Å². The van der Waals surface area contributed by atoms with Crippen LogP contribution in [0.15, 0.2) is 24.5 Å². The van der Waals surface area contributed by atoms with Crippen LogP contribution in [-0.2, 0) is 4.74 Å². The largest absolute Gasteiger partial charge is 0.496 e. The highest BCUT2D eigenvalue weighted by Crippen LogP contribution is 2.17. The summed E-state index contributed by atoms with van der Waals surface area (Å²) >= 11 is 0. The van der Waals surface area contributed by atoms with E-state index in [1.807, 2.05) is 45.9 Å². The molecule has 0 radical (unpaired) electrons. The van der Waals surface area contributed by atoms with E-state index < -0.39 is 11.7 Å². The average Bonchev–Trinajstić information content (AvgIpc) is 2.36. The average molecular weight is 292 g/mol. The lowest BCUT2D eigenvalue weighted by Crippen LogP contribution is -2.37. The Morgan fingerprint density at radius 1 is 1.48 bits per heavy atom. The quantitative estimate of drug-likeness (QED) is 0.903. The van der Waals surface area contributed by atoms with Gasteiger partial charge in [-0.3, -0.25) is 4.98 Å². The molecule has 0 aliphatic carbocycles. The summed E-state index contributed by atoms with van der Waals surface area (Å²) in [5, 5.41) is 2.79. The summed E-state index contributed by atoms with van der Waals surface area (Å²) in [5.41, 5.74) is 0.423. The minimum atomic E-state index is -0.483. The van der Waals surface area contributed by atoms with Crippen LogP contribution in [0.25, 0.3) is 6.08 Å². The van der Waals surface area contributed by atoms with Gasteiger partial charge < -0.3 is 14.8 Å². The maximum absolute atomic E-state index is 11.6. The van der Waals surface area contributed by atoms with Gasteiger partial charge in [-0.05, 0) is 40.2 Å². The lowest BCUT2D eigenvalue weighted by Gasteiger charge is -2.21. The second kappa shape index (κ2) is 7.67. The molecule has 116 valence electrons. The first kappa shape index (κ1) is 17.0. The lowest BCUT2D eigenvalue weighted by atomic mass is 10.2. The molecule has 0 aromatic carbocycles. The molecular weight excluding hydrogens is 268 g/mol. The summed E-state index contributed by atoms with van der Waals surface area (Å²) in [4.78, 5) is 15.7. The first-order chi connectivity index (χ1) is 9.81. The van der Waals surface area contributed by atoms with E-state index in [2.05, 4.69) is 10.3 Å². The van der Waals surface area contributed by atoms with Crippen LogP contribution >= 0.6 is 0 Å². The molecule has 21 heavy (non-hydrogen) atoms. The van der Waals surface area contributed by atoms with Gasteiger partial charge in [0.25, 0.3) is 0 Å². The number of aromatic nitrogens is 1. The normalized spacial score (nSPS) is 13.0. The number of nitrogens with zero attached hydrogens (tertiary/aromatic N) is 1. The van der Waals surface area contributed by atoms with Gasteiger partial charge in [0.15, 0.2) is 0 Å². The zero-order chi connectivity index (χ0) is 15.9. The van der Waals surface area contributed by atoms with Crippen LogP contribution < -0.4 is 10.1 Å². The van der Waals surface area contributed by atoms with Gasteiger partial charge in [0.2, 0.25) is 0 Å². The maximum Gasteiger partial charge on any atom is 0.407 e. The van der Waals surface area contributed by atoms with E-state index >= 15 is 0 Å². The van der Waals surface area contributed by atoms with Gasteiger partial charge in [-0.15, -0.1) is 0 Å². The van der Waals surface area contributed by atoms with Gasteiger partial charge in [-0.25, -0.2) is 4.79 Å². The molecule has 0 unspecified atom stereocenters. The topological polar surface area (TPSA) is 60.5 Å². The molecule has 1 atom stereocenters. The molecule has 1 amide bonds. The summed E-state index contributed by atoms with van der Waals surface area (Å²) in [6.07, 6.45) is 7.62. The number of nitrogens with one attached hydrogen (secondary N) is 1. The van der Waals surface area contributed by atoms with E-state index in [-0.39, 0.29) is 6.04 Å². The zero-order valence-corrected chi connectivity index (χ0v) is 13.3. The number of amides is 1. The standard InChI is InChI=1S/C16H24N2O3/c1-12(18-15(19)21-16(2,3)4)7-6-8-13-11-17-10-9-14(13)20-5/h6,8-12H,7H2,1-5H3,(H,18,19)/b8-6+/t12-/m0/s1. The highest BCUT2D eigenvalue weighted by molar-refractivity contribution is 5.68. The molecule has 0 aliphatic rings. The monoisotopic (exact) mass is 292 g/mol. The third-order valence-corrected chi connectivity index (χ3v) is 2.58. The summed E-state index contributed by atoms with van der Waals surface area (Å²) < 4.78 is 10.4. The number of ether oxygens (including phenoxy) is 2. The molecule has 0 spiro atoms. The van der Waals surface area contributed by atoms with Crippen LogP contribution in [0.2, 0.25) is 0 Å². The number of alkyl carbamates (subject to hydrolysis) is 1. The lowest BCUT2D eigenvalue weighted by molar-refractivity contribution is 0.0509.